The Kier molecular flexibility index (Phi) is 6.42. The topological polar surface area (TPSA) is 49.5 Å². The van der Waals surface area contributed by atoms with Gasteiger partial charge in [-0.1, -0.05) is 57.3 Å². The largest absolute Gasteiger partial charge is 0.389 e. The molecule has 1 rings (SSSR count). The molecule has 0 amide bonds. The van der Waals surface area contributed by atoms with Gasteiger partial charge in [-0.3, -0.25) is 0 Å². The monoisotopic (exact) mass is 280 g/mol. The highest BCUT2D eigenvalue weighted by atomic mass is 32.1. The number of rotatable bonds is 7. The van der Waals surface area contributed by atoms with Crippen molar-refractivity contribution < 1.29 is 5.11 Å². The van der Waals surface area contributed by atoms with E-state index >= 15 is 0 Å². The van der Waals surface area contributed by atoms with Gasteiger partial charge in [0.1, 0.15) is 4.99 Å². The van der Waals surface area contributed by atoms with Crippen LogP contribution in [-0.4, -0.2) is 34.6 Å². The number of nitrogens with two attached hydrogens (primary N) is 1. The van der Waals surface area contributed by atoms with Gasteiger partial charge in [-0.2, -0.15) is 0 Å². The molecule has 0 saturated heterocycles. The number of benzene rings is 1. The summed E-state index contributed by atoms with van der Waals surface area (Å²) in [5.41, 5.74) is 7.30. The van der Waals surface area contributed by atoms with Crippen LogP contribution in [-0.2, 0) is 0 Å². The maximum Gasteiger partial charge on any atom is 0.103 e. The summed E-state index contributed by atoms with van der Waals surface area (Å²) >= 11 is 4.91. The minimum Gasteiger partial charge on any atom is -0.389 e. The van der Waals surface area contributed by atoms with Crippen molar-refractivity contribution in [1.82, 2.24) is 4.90 Å². The van der Waals surface area contributed by atoms with Crippen LogP contribution >= 0.6 is 12.2 Å². The van der Waals surface area contributed by atoms with Gasteiger partial charge in [0, 0.05) is 18.7 Å². The third kappa shape index (κ3) is 5.27. The van der Waals surface area contributed by atoms with Crippen LogP contribution in [0.25, 0.3) is 0 Å². The normalized spacial score (nSPS) is 12.9. The van der Waals surface area contributed by atoms with Crippen molar-refractivity contribution in [3.63, 3.8) is 0 Å². The van der Waals surface area contributed by atoms with E-state index < -0.39 is 6.10 Å². The Morgan fingerprint density at radius 1 is 1.26 bits per heavy atom. The Balaban J connectivity index is 2.66. The molecular formula is C15H24N2OS. The van der Waals surface area contributed by atoms with Crippen molar-refractivity contribution in [2.75, 3.05) is 19.6 Å². The molecule has 4 heteroatoms. The minimum atomic E-state index is -0.473. The van der Waals surface area contributed by atoms with Crippen molar-refractivity contribution in [3.8, 4) is 0 Å². The number of likely N-dealkylation sites (N-methyl/N-ethyl adjacent to an activating group) is 1. The summed E-state index contributed by atoms with van der Waals surface area (Å²) in [5, 5.41) is 10.3. The highest BCUT2D eigenvalue weighted by Crippen LogP contribution is 2.16. The maximum absolute atomic E-state index is 10.3. The first-order chi connectivity index (χ1) is 8.93. The molecule has 19 heavy (non-hydrogen) atoms. The molecular weight excluding hydrogens is 256 g/mol. The quantitative estimate of drug-likeness (QED) is 0.753. The molecule has 0 aromatic heterocycles. The summed E-state index contributed by atoms with van der Waals surface area (Å²) in [7, 11) is 0. The van der Waals surface area contributed by atoms with Crippen molar-refractivity contribution in [2.45, 2.75) is 26.9 Å². The Morgan fingerprint density at radius 2 is 1.84 bits per heavy atom. The molecule has 1 unspecified atom stereocenters. The number of aliphatic hydroxyl groups is 1. The van der Waals surface area contributed by atoms with Crippen LogP contribution in [0.1, 0.15) is 38.0 Å². The third-order valence-corrected chi connectivity index (χ3v) is 3.32. The zero-order valence-corrected chi connectivity index (χ0v) is 12.8. The van der Waals surface area contributed by atoms with Gasteiger partial charge in [0.25, 0.3) is 0 Å². The number of hydrogen-bond donors (Lipinski definition) is 2. The van der Waals surface area contributed by atoms with Crippen molar-refractivity contribution in [2.24, 2.45) is 11.7 Å². The summed E-state index contributed by atoms with van der Waals surface area (Å²) in [5.74, 6) is 0.601. The van der Waals surface area contributed by atoms with Gasteiger partial charge in [-0.05, 0) is 18.0 Å². The smallest absolute Gasteiger partial charge is 0.103 e. The van der Waals surface area contributed by atoms with Crippen LogP contribution in [0.2, 0.25) is 0 Å². The fraction of sp³-hybridized carbons (Fsp3) is 0.533. The molecule has 0 saturated carbocycles. The highest BCUT2D eigenvalue weighted by molar-refractivity contribution is 7.80. The second kappa shape index (κ2) is 7.58. The van der Waals surface area contributed by atoms with E-state index in [0.717, 1.165) is 24.2 Å². The van der Waals surface area contributed by atoms with Gasteiger partial charge in [0.05, 0.1) is 6.10 Å². The highest BCUT2D eigenvalue weighted by Gasteiger charge is 2.13. The third-order valence-electron chi connectivity index (χ3n) is 3.08. The molecule has 1 aromatic carbocycles. The Hall–Kier alpha value is -0.970. The van der Waals surface area contributed by atoms with E-state index in [1.165, 1.54) is 0 Å². The molecule has 0 aliphatic carbocycles. The Labute approximate surface area is 121 Å². The predicted octanol–water partition coefficient (Wildman–Crippen LogP) is 2.33. The lowest BCUT2D eigenvalue weighted by Gasteiger charge is -2.25. The molecule has 3 N–H and O–H groups in total. The van der Waals surface area contributed by atoms with Crippen LogP contribution < -0.4 is 5.73 Å². The lowest BCUT2D eigenvalue weighted by atomic mass is 10.1. The molecule has 1 atom stereocenters. The number of hydrogen-bond acceptors (Lipinski definition) is 3. The molecule has 1 aromatic rings. The first-order valence-electron chi connectivity index (χ1n) is 6.74. The average Bonchev–Trinajstić information content (AvgIpc) is 2.37. The summed E-state index contributed by atoms with van der Waals surface area (Å²) in [6.07, 6.45) is -0.473. The lowest BCUT2D eigenvalue weighted by molar-refractivity contribution is 0.109. The van der Waals surface area contributed by atoms with E-state index in [0.29, 0.717) is 17.5 Å². The first-order valence-corrected chi connectivity index (χ1v) is 7.15. The molecule has 0 heterocycles. The summed E-state index contributed by atoms with van der Waals surface area (Å²) < 4.78 is 0. The van der Waals surface area contributed by atoms with Crippen LogP contribution in [0.3, 0.4) is 0 Å². The fourth-order valence-electron chi connectivity index (χ4n) is 2.07. The van der Waals surface area contributed by atoms with E-state index in [9.17, 15) is 5.11 Å². The van der Waals surface area contributed by atoms with Gasteiger partial charge >= 0.3 is 0 Å². The van der Waals surface area contributed by atoms with Crippen molar-refractivity contribution >= 4 is 17.2 Å². The molecule has 0 spiro atoms. The van der Waals surface area contributed by atoms with Crippen LogP contribution in [0.15, 0.2) is 24.3 Å². The molecule has 3 nitrogen and oxygen atoms in total. The second-order valence-electron chi connectivity index (χ2n) is 5.25. The van der Waals surface area contributed by atoms with E-state index in [1.54, 1.807) is 0 Å². The van der Waals surface area contributed by atoms with Gasteiger partial charge in [0.2, 0.25) is 0 Å². The molecule has 0 fully saturated rings. The van der Waals surface area contributed by atoms with E-state index in [1.807, 2.05) is 24.3 Å². The molecule has 0 aliphatic rings. The van der Waals surface area contributed by atoms with E-state index in [4.69, 9.17) is 18.0 Å². The van der Waals surface area contributed by atoms with Crippen LogP contribution in [0.4, 0.5) is 0 Å². The Morgan fingerprint density at radius 3 is 2.26 bits per heavy atom. The van der Waals surface area contributed by atoms with Crippen LogP contribution in [0.5, 0.6) is 0 Å². The summed E-state index contributed by atoms with van der Waals surface area (Å²) in [6.45, 7) is 9.09. The number of aliphatic hydroxyl groups excluding tert-OH is 1. The zero-order valence-electron chi connectivity index (χ0n) is 12.0. The molecule has 0 aliphatic heterocycles. The molecule has 106 valence electrons. The van der Waals surface area contributed by atoms with Gasteiger partial charge in [-0.15, -0.1) is 0 Å². The SMILES string of the molecule is CCN(CC(C)C)CC(O)c1ccc(C(N)=S)cc1. The number of nitrogens with zero attached hydrogens (tertiary/aromatic N) is 1. The lowest BCUT2D eigenvalue weighted by Crippen LogP contribution is -2.31. The maximum atomic E-state index is 10.3. The summed E-state index contributed by atoms with van der Waals surface area (Å²) in [4.78, 5) is 2.65. The Bertz CT molecular complexity index is 403. The standard InChI is InChI=1S/C15H24N2OS/c1-4-17(9-11(2)3)10-14(18)12-5-7-13(8-6-12)15(16)19/h5-8,11,14,18H,4,9-10H2,1-3H3,(H2,16,19). The van der Waals surface area contributed by atoms with Crippen molar-refractivity contribution in [3.05, 3.63) is 35.4 Å². The number of thiocarbonyl (C=S) groups is 1. The van der Waals surface area contributed by atoms with Crippen molar-refractivity contribution in [1.29, 1.82) is 0 Å². The second-order valence-corrected chi connectivity index (χ2v) is 5.69. The van der Waals surface area contributed by atoms with E-state index in [2.05, 4.69) is 25.7 Å². The zero-order chi connectivity index (χ0) is 14.4. The minimum absolute atomic E-state index is 0.385. The molecule has 0 bridgehead atoms. The average molecular weight is 280 g/mol. The fourth-order valence-corrected chi connectivity index (χ4v) is 2.20. The summed E-state index contributed by atoms with van der Waals surface area (Å²) in [6, 6.07) is 7.50. The van der Waals surface area contributed by atoms with Crippen LogP contribution in [0, 0.1) is 5.92 Å². The predicted molar refractivity (Wildman–Crippen MR) is 84.2 cm³/mol. The van der Waals surface area contributed by atoms with E-state index in [-0.39, 0.29) is 0 Å². The van der Waals surface area contributed by atoms with Gasteiger partial charge in [-0.25, -0.2) is 0 Å². The van der Waals surface area contributed by atoms with Gasteiger partial charge < -0.3 is 15.7 Å². The molecule has 0 radical (unpaired) electrons. The van der Waals surface area contributed by atoms with Gasteiger partial charge in [0.15, 0.2) is 0 Å². The first kappa shape index (κ1) is 16.1.